The fourth-order valence-corrected chi connectivity index (χ4v) is 3.10. The van der Waals surface area contributed by atoms with Gasteiger partial charge in [-0.05, 0) is 19.3 Å². The third-order valence-corrected chi connectivity index (χ3v) is 4.44. The molecule has 2 N–H and O–H groups in total. The van der Waals surface area contributed by atoms with Crippen LogP contribution in [0.25, 0.3) is 0 Å². The first kappa shape index (κ1) is 27.8. The fourth-order valence-electron chi connectivity index (χ4n) is 3.10. The molecule has 1 unspecified atom stereocenters. The van der Waals surface area contributed by atoms with Crippen molar-refractivity contribution in [2.75, 3.05) is 27.7 Å². The van der Waals surface area contributed by atoms with E-state index >= 15 is 0 Å². The molecule has 0 aliphatic heterocycles. The van der Waals surface area contributed by atoms with E-state index < -0.39 is 18.0 Å². The molecule has 0 aromatic heterocycles. The minimum atomic E-state index is -0.952. The Morgan fingerprint density at radius 3 is 1.97 bits per heavy atom. The second kappa shape index (κ2) is 16.6. The number of carboxylic acid groups (broad SMARTS) is 2. The van der Waals surface area contributed by atoms with Crippen LogP contribution in [-0.4, -0.2) is 66.4 Å². The second-order valence-electron chi connectivity index (χ2n) is 8.68. The number of nitrogens with zero attached hydrogens (tertiary/aromatic N) is 1. The van der Waals surface area contributed by atoms with Crippen LogP contribution < -0.4 is 0 Å². The van der Waals surface area contributed by atoms with Crippen molar-refractivity contribution < 1.29 is 33.8 Å². The SMILES string of the molecule is C[N+](C)(C)CC(CC(=O)O)OC(=O)CCCCCCCCCC/C=C/C=C/C(=O)O. The summed E-state index contributed by atoms with van der Waals surface area (Å²) in [4.78, 5) is 33.2. The van der Waals surface area contributed by atoms with Gasteiger partial charge in [0, 0.05) is 12.5 Å². The standard InChI is InChI=1S/C23H39NO6/c1-24(2,3)19-20(18-22(27)28)30-23(29)17-15-13-11-9-7-5-4-6-8-10-12-14-16-21(25)26/h10,12,14,16,20H,4-9,11,13,15,17-19H2,1-3H3,(H-,25,26,27,28)/p+1/b12-10+,16-14+. The molecule has 30 heavy (non-hydrogen) atoms. The smallest absolute Gasteiger partial charge is 0.328 e. The van der Waals surface area contributed by atoms with Crippen molar-refractivity contribution in [1.29, 1.82) is 0 Å². The Labute approximate surface area is 181 Å². The average Bonchev–Trinajstić information content (AvgIpc) is 2.59. The Kier molecular flexibility index (Phi) is 15.4. The van der Waals surface area contributed by atoms with E-state index in [0.29, 0.717) is 17.4 Å². The number of esters is 1. The lowest BCUT2D eigenvalue weighted by Crippen LogP contribution is -2.43. The molecule has 0 amide bonds. The Bertz CT molecular complexity index is 563. The molecule has 0 spiro atoms. The van der Waals surface area contributed by atoms with Gasteiger partial charge in [-0.2, -0.15) is 0 Å². The lowest BCUT2D eigenvalue weighted by molar-refractivity contribution is -0.873. The fraction of sp³-hybridized carbons (Fsp3) is 0.696. The number of allylic oxidation sites excluding steroid dienone is 3. The van der Waals surface area contributed by atoms with Crippen LogP contribution in [0.3, 0.4) is 0 Å². The summed E-state index contributed by atoms with van der Waals surface area (Å²) in [6, 6.07) is 0. The highest BCUT2D eigenvalue weighted by molar-refractivity contribution is 5.80. The molecule has 0 fully saturated rings. The molecule has 0 aliphatic carbocycles. The van der Waals surface area contributed by atoms with Crippen LogP contribution in [0.15, 0.2) is 24.3 Å². The maximum absolute atomic E-state index is 12.0. The highest BCUT2D eigenvalue weighted by atomic mass is 16.5. The molecule has 0 saturated carbocycles. The summed E-state index contributed by atoms with van der Waals surface area (Å²) in [5, 5.41) is 17.4. The summed E-state index contributed by atoms with van der Waals surface area (Å²) < 4.78 is 5.93. The number of ether oxygens (including phenoxy) is 1. The van der Waals surface area contributed by atoms with Crippen LogP contribution in [0.1, 0.15) is 70.6 Å². The van der Waals surface area contributed by atoms with E-state index in [1.54, 1.807) is 6.08 Å². The maximum atomic E-state index is 12.0. The maximum Gasteiger partial charge on any atom is 0.328 e. The number of carboxylic acids is 2. The Morgan fingerprint density at radius 1 is 0.867 bits per heavy atom. The van der Waals surface area contributed by atoms with Crippen molar-refractivity contribution >= 4 is 17.9 Å². The molecule has 0 saturated heterocycles. The number of carbonyl (C=O) groups is 3. The molecule has 0 rings (SSSR count). The molecular weight excluding hydrogens is 386 g/mol. The van der Waals surface area contributed by atoms with Gasteiger partial charge in [-0.3, -0.25) is 9.59 Å². The molecule has 1 atom stereocenters. The van der Waals surface area contributed by atoms with Gasteiger partial charge in [-0.15, -0.1) is 0 Å². The number of likely N-dealkylation sites (N-methyl/N-ethyl adjacent to an activating group) is 1. The first-order valence-corrected chi connectivity index (χ1v) is 10.9. The van der Waals surface area contributed by atoms with Crippen LogP contribution >= 0.6 is 0 Å². The molecule has 0 heterocycles. The third-order valence-electron chi connectivity index (χ3n) is 4.44. The van der Waals surface area contributed by atoms with Gasteiger partial charge in [0.2, 0.25) is 0 Å². The van der Waals surface area contributed by atoms with E-state index in [-0.39, 0.29) is 12.4 Å². The second-order valence-corrected chi connectivity index (χ2v) is 8.68. The van der Waals surface area contributed by atoms with Gasteiger partial charge in [0.1, 0.15) is 6.54 Å². The van der Waals surface area contributed by atoms with Crippen LogP contribution in [-0.2, 0) is 19.1 Å². The summed E-state index contributed by atoms with van der Waals surface area (Å²) in [7, 11) is 5.83. The molecule has 0 radical (unpaired) electrons. The normalized spacial score (nSPS) is 13.0. The van der Waals surface area contributed by atoms with Crippen molar-refractivity contribution in [3.63, 3.8) is 0 Å². The number of hydrogen-bond acceptors (Lipinski definition) is 4. The highest BCUT2D eigenvalue weighted by Gasteiger charge is 2.24. The molecule has 0 aliphatic rings. The lowest BCUT2D eigenvalue weighted by atomic mass is 10.1. The molecule has 0 aromatic carbocycles. The van der Waals surface area contributed by atoms with E-state index in [1.165, 1.54) is 18.9 Å². The van der Waals surface area contributed by atoms with Crippen molar-refractivity contribution in [2.45, 2.75) is 76.7 Å². The summed E-state index contributed by atoms with van der Waals surface area (Å²) in [5.74, 6) is -2.19. The van der Waals surface area contributed by atoms with Crippen molar-refractivity contribution in [3.8, 4) is 0 Å². The topological polar surface area (TPSA) is 101 Å². The minimum Gasteiger partial charge on any atom is -0.481 e. The number of quaternary nitrogens is 1. The summed E-state index contributed by atoms with van der Waals surface area (Å²) in [6.07, 6.45) is 15.6. The van der Waals surface area contributed by atoms with E-state index in [9.17, 15) is 14.4 Å². The van der Waals surface area contributed by atoms with Gasteiger partial charge in [0.05, 0.1) is 27.6 Å². The average molecular weight is 427 g/mol. The van der Waals surface area contributed by atoms with Gasteiger partial charge in [-0.1, -0.05) is 56.8 Å². The summed E-state index contributed by atoms with van der Waals surface area (Å²) in [6.45, 7) is 0.479. The van der Waals surface area contributed by atoms with E-state index in [0.717, 1.165) is 51.0 Å². The molecule has 0 bridgehead atoms. The van der Waals surface area contributed by atoms with Crippen molar-refractivity contribution in [1.82, 2.24) is 0 Å². The van der Waals surface area contributed by atoms with Crippen LogP contribution in [0.2, 0.25) is 0 Å². The van der Waals surface area contributed by atoms with Gasteiger partial charge in [0.15, 0.2) is 6.10 Å². The van der Waals surface area contributed by atoms with Crippen LogP contribution in [0.5, 0.6) is 0 Å². The Hall–Kier alpha value is -2.15. The molecule has 172 valence electrons. The number of hydrogen-bond donors (Lipinski definition) is 2. The number of aliphatic carboxylic acids is 2. The summed E-state index contributed by atoms with van der Waals surface area (Å²) >= 11 is 0. The monoisotopic (exact) mass is 426 g/mol. The number of rotatable bonds is 18. The van der Waals surface area contributed by atoms with Crippen molar-refractivity contribution in [2.24, 2.45) is 0 Å². The van der Waals surface area contributed by atoms with E-state index in [4.69, 9.17) is 14.9 Å². The number of carbonyl (C=O) groups excluding carboxylic acids is 1. The predicted molar refractivity (Wildman–Crippen MR) is 117 cm³/mol. The van der Waals surface area contributed by atoms with Gasteiger partial charge < -0.3 is 19.4 Å². The Balaban J connectivity index is 3.70. The minimum absolute atomic E-state index is 0.157. The molecule has 0 aromatic rings. The van der Waals surface area contributed by atoms with Gasteiger partial charge >= 0.3 is 17.9 Å². The first-order valence-electron chi connectivity index (χ1n) is 10.9. The molecule has 7 heteroatoms. The zero-order valence-electron chi connectivity index (χ0n) is 18.8. The zero-order valence-corrected chi connectivity index (χ0v) is 18.8. The molecule has 7 nitrogen and oxygen atoms in total. The largest absolute Gasteiger partial charge is 0.481 e. The zero-order chi connectivity index (χ0) is 22.8. The van der Waals surface area contributed by atoms with Crippen molar-refractivity contribution in [3.05, 3.63) is 24.3 Å². The number of unbranched alkanes of at least 4 members (excludes halogenated alkanes) is 8. The lowest BCUT2D eigenvalue weighted by Gasteiger charge is -2.28. The first-order chi connectivity index (χ1) is 14.1. The molecular formula is C23H40NO6+. The van der Waals surface area contributed by atoms with Gasteiger partial charge in [-0.25, -0.2) is 4.79 Å². The Morgan fingerprint density at radius 2 is 1.43 bits per heavy atom. The van der Waals surface area contributed by atoms with Crippen LogP contribution in [0.4, 0.5) is 0 Å². The third kappa shape index (κ3) is 20.6. The predicted octanol–water partition coefficient (Wildman–Crippen LogP) is 4.18. The van der Waals surface area contributed by atoms with Crippen LogP contribution in [0, 0.1) is 0 Å². The quantitative estimate of drug-likeness (QED) is 0.112. The van der Waals surface area contributed by atoms with E-state index in [1.807, 2.05) is 27.2 Å². The summed E-state index contributed by atoms with van der Waals surface area (Å²) in [5.41, 5.74) is 0. The van der Waals surface area contributed by atoms with Gasteiger partial charge in [0.25, 0.3) is 0 Å². The van der Waals surface area contributed by atoms with E-state index in [2.05, 4.69) is 0 Å². The highest BCUT2D eigenvalue weighted by Crippen LogP contribution is 2.12.